The number of Topliss-reactive ketones (excluding diaryl/α,β-unsaturated/α-hetero) is 1. The number of pyridine rings is 1. The van der Waals surface area contributed by atoms with Gasteiger partial charge in [-0.3, -0.25) is 4.79 Å². The van der Waals surface area contributed by atoms with Crippen LogP contribution in [0.3, 0.4) is 0 Å². The van der Waals surface area contributed by atoms with Gasteiger partial charge < -0.3 is 9.88 Å². The zero-order valence-corrected chi connectivity index (χ0v) is 13.0. The SMILES string of the molecule is CC(C)(C)c1nc2ncc3c(c2[nH]1)C=CN1CC(=O)CC=C31. The van der Waals surface area contributed by atoms with Crippen molar-refractivity contribution in [2.75, 3.05) is 6.54 Å². The Morgan fingerprint density at radius 3 is 2.91 bits per heavy atom. The van der Waals surface area contributed by atoms with Crippen molar-refractivity contribution in [1.29, 1.82) is 0 Å². The molecule has 0 saturated heterocycles. The molecule has 5 heteroatoms. The van der Waals surface area contributed by atoms with E-state index in [1.807, 2.05) is 29.4 Å². The number of aromatic amines is 1. The van der Waals surface area contributed by atoms with E-state index in [9.17, 15) is 4.79 Å². The zero-order valence-electron chi connectivity index (χ0n) is 13.0. The highest BCUT2D eigenvalue weighted by Crippen LogP contribution is 2.35. The Kier molecular flexibility index (Phi) is 2.58. The molecular weight excluding hydrogens is 276 g/mol. The van der Waals surface area contributed by atoms with Crippen molar-refractivity contribution in [3.05, 3.63) is 35.4 Å². The topological polar surface area (TPSA) is 61.9 Å². The van der Waals surface area contributed by atoms with E-state index in [1.165, 1.54) is 0 Å². The molecule has 4 heterocycles. The van der Waals surface area contributed by atoms with Gasteiger partial charge in [-0.15, -0.1) is 0 Å². The zero-order chi connectivity index (χ0) is 15.5. The van der Waals surface area contributed by atoms with Crippen LogP contribution in [0.25, 0.3) is 22.9 Å². The maximum absolute atomic E-state index is 11.6. The molecule has 5 nitrogen and oxygen atoms in total. The van der Waals surface area contributed by atoms with Gasteiger partial charge in [-0.1, -0.05) is 26.8 Å². The molecule has 0 fully saturated rings. The first-order valence-electron chi connectivity index (χ1n) is 7.50. The lowest BCUT2D eigenvalue weighted by atomic mass is 9.96. The van der Waals surface area contributed by atoms with Crippen molar-refractivity contribution in [1.82, 2.24) is 19.9 Å². The predicted octanol–water partition coefficient (Wildman–Crippen LogP) is 2.86. The summed E-state index contributed by atoms with van der Waals surface area (Å²) in [5.74, 6) is 1.18. The smallest absolute Gasteiger partial charge is 0.178 e. The summed E-state index contributed by atoms with van der Waals surface area (Å²) in [6.07, 6.45) is 8.36. The minimum Gasteiger partial charge on any atom is -0.340 e. The number of H-pyrrole nitrogens is 1. The van der Waals surface area contributed by atoms with Gasteiger partial charge in [0.25, 0.3) is 0 Å². The predicted molar refractivity (Wildman–Crippen MR) is 85.9 cm³/mol. The van der Waals surface area contributed by atoms with E-state index >= 15 is 0 Å². The van der Waals surface area contributed by atoms with E-state index < -0.39 is 0 Å². The summed E-state index contributed by atoms with van der Waals surface area (Å²) < 4.78 is 0. The van der Waals surface area contributed by atoms with Crippen molar-refractivity contribution in [3.8, 4) is 0 Å². The summed E-state index contributed by atoms with van der Waals surface area (Å²) >= 11 is 0. The maximum atomic E-state index is 11.6. The Morgan fingerprint density at radius 2 is 2.14 bits per heavy atom. The minimum atomic E-state index is -0.0471. The molecule has 112 valence electrons. The van der Waals surface area contributed by atoms with Crippen LogP contribution in [0.15, 0.2) is 18.5 Å². The number of hydrogen-bond acceptors (Lipinski definition) is 4. The van der Waals surface area contributed by atoms with Gasteiger partial charge >= 0.3 is 0 Å². The van der Waals surface area contributed by atoms with E-state index in [1.54, 1.807) is 0 Å². The van der Waals surface area contributed by atoms with Crippen molar-refractivity contribution in [2.24, 2.45) is 0 Å². The average molecular weight is 294 g/mol. The Bertz CT molecular complexity index is 851. The molecule has 0 unspecified atom stereocenters. The second kappa shape index (κ2) is 4.29. The van der Waals surface area contributed by atoms with Crippen molar-refractivity contribution in [2.45, 2.75) is 32.6 Å². The van der Waals surface area contributed by atoms with Crippen LogP contribution in [-0.2, 0) is 10.2 Å². The van der Waals surface area contributed by atoms with E-state index in [4.69, 9.17) is 0 Å². The number of rotatable bonds is 0. The summed E-state index contributed by atoms with van der Waals surface area (Å²) in [6.45, 7) is 6.83. The van der Waals surface area contributed by atoms with Crippen molar-refractivity contribution in [3.63, 3.8) is 0 Å². The monoisotopic (exact) mass is 294 g/mol. The Hall–Kier alpha value is -2.43. The van der Waals surface area contributed by atoms with Gasteiger partial charge in [-0.25, -0.2) is 9.97 Å². The first kappa shape index (κ1) is 13.2. The number of nitrogens with zero attached hydrogens (tertiary/aromatic N) is 3. The van der Waals surface area contributed by atoms with Crippen molar-refractivity contribution >= 4 is 28.7 Å². The summed E-state index contributed by atoms with van der Waals surface area (Å²) in [5, 5.41) is 0. The van der Waals surface area contributed by atoms with Crippen LogP contribution < -0.4 is 0 Å². The standard InChI is InChI=1S/C17H18N4O/c1-17(2,3)16-19-14-11-6-7-21-9-10(22)4-5-13(21)12(11)8-18-15(14)20-16/h5-8H,4,9H2,1-3H3,(H,18,19,20). The Balaban J connectivity index is 1.92. The van der Waals surface area contributed by atoms with E-state index in [2.05, 4.69) is 35.7 Å². The molecule has 4 rings (SSSR count). The maximum Gasteiger partial charge on any atom is 0.178 e. The normalized spacial score (nSPS) is 17.5. The van der Waals surface area contributed by atoms with Crippen LogP contribution in [0.2, 0.25) is 0 Å². The summed E-state index contributed by atoms with van der Waals surface area (Å²) in [6, 6.07) is 0. The number of allylic oxidation sites excluding steroid dienone is 1. The summed E-state index contributed by atoms with van der Waals surface area (Å²) in [4.78, 5) is 26.2. The molecule has 0 saturated carbocycles. The number of hydrogen-bond donors (Lipinski definition) is 1. The molecule has 0 amide bonds. The van der Waals surface area contributed by atoms with Gasteiger partial charge in [0.2, 0.25) is 0 Å². The number of imidazole rings is 1. The fraction of sp³-hybridized carbons (Fsp3) is 0.353. The molecule has 0 radical (unpaired) electrons. The molecule has 2 aromatic rings. The molecule has 2 aliphatic heterocycles. The van der Waals surface area contributed by atoms with Crippen molar-refractivity contribution < 1.29 is 4.79 Å². The Labute approximate surface area is 128 Å². The highest BCUT2D eigenvalue weighted by atomic mass is 16.1. The largest absolute Gasteiger partial charge is 0.340 e. The highest BCUT2D eigenvalue weighted by Gasteiger charge is 2.26. The lowest BCUT2D eigenvalue weighted by Crippen LogP contribution is -2.29. The second-order valence-corrected chi connectivity index (χ2v) is 6.90. The third-order valence-corrected chi connectivity index (χ3v) is 4.15. The third-order valence-electron chi connectivity index (χ3n) is 4.15. The average Bonchev–Trinajstić information content (AvgIpc) is 2.90. The van der Waals surface area contributed by atoms with Crippen LogP contribution in [0.5, 0.6) is 0 Å². The van der Waals surface area contributed by atoms with Crippen LogP contribution in [0, 0.1) is 0 Å². The van der Waals surface area contributed by atoms with E-state index in [0.29, 0.717) is 13.0 Å². The number of fused-ring (bicyclic) bond motifs is 5. The van der Waals surface area contributed by atoms with Gasteiger partial charge in [0.05, 0.1) is 12.1 Å². The highest BCUT2D eigenvalue weighted by molar-refractivity contribution is 5.95. The van der Waals surface area contributed by atoms with Gasteiger partial charge in [-0.05, 0) is 6.08 Å². The van der Waals surface area contributed by atoms with Gasteiger partial charge in [-0.2, -0.15) is 0 Å². The summed E-state index contributed by atoms with van der Waals surface area (Å²) in [7, 11) is 0. The molecule has 0 bridgehead atoms. The fourth-order valence-corrected chi connectivity index (χ4v) is 2.94. The van der Waals surface area contributed by atoms with Gasteiger partial charge in [0.1, 0.15) is 5.82 Å². The second-order valence-electron chi connectivity index (χ2n) is 6.90. The minimum absolute atomic E-state index is 0.0471. The number of carbonyl (C=O) groups is 1. The quantitative estimate of drug-likeness (QED) is 0.811. The molecular formula is C17H18N4O. The van der Waals surface area contributed by atoms with E-state index in [-0.39, 0.29) is 11.2 Å². The lowest BCUT2D eigenvalue weighted by molar-refractivity contribution is -0.118. The molecule has 0 aromatic carbocycles. The number of ketones is 1. The Morgan fingerprint density at radius 1 is 1.32 bits per heavy atom. The third kappa shape index (κ3) is 1.89. The molecule has 2 aromatic heterocycles. The molecule has 1 N–H and O–H groups in total. The van der Waals surface area contributed by atoms with Gasteiger partial charge in [0, 0.05) is 41.1 Å². The molecule has 0 aliphatic carbocycles. The van der Waals surface area contributed by atoms with Gasteiger partial charge in [0.15, 0.2) is 11.4 Å². The molecule has 0 spiro atoms. The van der Waals surface area contributed by atoms with Crippen LogP contribution in [0.4, 0.5) is 0 Å². The lowest BCUT2D eigenvalue weighted by Gasteiger charge is -2.30. The van der Waals surface area contributed by atoms with E-state index in [0.717, 1.165) is 33.8 Å². The first-order chi connectivity index (χ1) is 10.4. The number of nitrogens with one attached hydrogen (secondary N) is 1. The summed E-state index contributed by atoms with van der Waals surface area (Å²) in [5.41, 5.74) is 4.90. The number of carbonyl (C=O) groups excluding carboxylic acids is 1. The van der Waals surface area contributed by atoms with Crippen LogP contribution >= 0.6 is 0 Å². The molecule has 22 heavy (non-hydrogen) atoms. The molecule has 2 aliphatic rings. The molecule has 0 atom stereocenters. The van der Waals surface area contributed by atoms with Crippen LogP contribution in [-0.4, -0.2) is 32.2 Å². The first-order valence-corrected chi connectivity index (χ1v) is 7.50. The number of aromatic nitrogens is 3. The van der Waals surface area contributed by atoms with Crippen LogP contribution in [0.1, 0.15) is 44.1 Å². The fourth-order valence-electron chi connectivity index (χ4n) is 2.94.